The average molecular weight is 295 g/mol. The summed E-state index contributed by atoms with van der Waals surface area (Å²) in [4.78, 5) is 3.84. The number of sulfonamides is 1. The zero-order valence-electron chi connectivity index (χ0n) is 9.57. The summed E-state index contributed by atoms with van der Waals surface area (Å²) in [5.74, 6) is 5.35. The van der Waals surface area contributed by atoms with Crippen LogP contribution in [0.5, 0.6) is 0 Å². The molecule has 19 heavy (non-hydrogen) atoms. The van der Waals surface area contributed by atoms with Crippen molar-refractivity contribution in [2.45, 2.75) is 4.90 Å². The first kappa shape index (κ1) is 13.4. The minimum atomic E-state index is -3.73. The van der Waals surface area contributed by atoms with E-state index < -0.39 is 10.0 Å². The van der Waals surface area contributed by atoms with E-state index in [0.717, 1.165) is 11.3 Å². The van der Waals surface area contributed by atoms with Gasteiger partial charge in [-0.1, -0.05) is 23.2 Å². The van der Waals surface area contributed by atoms with Gasteiger partial charge in [0, 0.05) is 18.0 Å². The number of aromatic nitrogens is 3. The molecule has 98 valence electrons. The molecule has 0 bridgehead atoms. The molecule has 0 saturated carbocycles. The Hall–Kier alpha value is -2.02. The lowest BCUT2D eigenvalue weighted by Crippen LogP contribution is -2.13. The molecular weight excluding hydrogens is 286 g/mol. The second kappa shape index (κ2) is 5.75. The number of nitrogens with one attached hydrogen (secondary N) is 1. The third kappa shape index (κ3) is 3.47. The third-order valence-electron chi connectivity index (χ3n) is 1.94. The highest BCUT2D eigenvalue weighted by atomic mass is 32.2. The Labute approximate surface area is 114 Å². The van der Waals surface area contributed by atoms with Crippen molar-refractivity contribution in [3.63, 3.8) is 0 Å². The Morgan fingerprint density at radius 3 is 2.95 bits per heavy atom. The SMILES string of the molecule is NCC#Cc1cncc(S(=O)(=O)Nc2nncs2)c1. The van der Waals surface area contributed by atoms with Crippen molar-refractivity contribution in [1.82, 2.24) is 15.2 Å². The molecule has 2 rings (SSSR count). The Bertz CT molecular complexity index is 716. The molecule has 0 saturated heterocycles. The van der Waals surface area contributed by atoms with E-state index in [1.165, 1.54) is 24.0 Å². The molecule has 9 heteroatoms. The maximum Gasteiger partial charge on any atom is 0.265 e. The van der Waals surface area contributed by atoms with Crippen LogP contribution < -0.4 is 10.5 Å². The van der Waals surface area contributed by atoms with Crippen molar-refractivity contribution in [2.75, 3.05) is 11.3 Å². The van der Waals surface area contributed by atoms with Gasteiger partial charge < -0.3 is 5.73 Å². The van der Waals surface area contributed by atoms with Crippen LogP contribution in [0, 0.1) is 11.8 Å². The summed E-state index contributed by atoms with van der Waals surface area (Å²) in [7, 11) is -3.73. The fraction of sp³-hybridized carbons (Fsp3) is 0.100. The first-order valence-corrected chi connectivity index (χ1v) is 7.41. The minimum absolute atomic E-state index is 0.00604. The van der Waals surface area contributed by atoms with Gasteiger partial charge in [0.05, 0.1) is 6.54 Å². The number of anilines is 1. The molecule has 0 unspecified atom stereocenters. The van der Waals surface area contributed by atoms with Crippen LogP contribution in [0.25, 0.3) is 0 Å². The molecule has 0 amide bonds. The molecule has 3 N–H and O–H groups in total. The van der Waals surface area contributed by atoms with E-state index in [1.54, 1.807) is 0 Å². The highest BCUT2D eigenvalue weighted by Gasteiger charge is 2.16. The number of hydrogen-bond acceptors (Lipinski definition) is 7. The Kier molecular flexibility index (Phi) is 4.06. The van der Waals surface area contributed by atoms with Crippen LogP contribution in [0.3, 0.4) is 0 Å². The number of nitrogens with two attached hydrogens (primary N) is 1. The molecule has 0 aliphatic rings. The molecule has 0 aliphatic heterocycles. The highest BCUT2D eigenvalue weighted by Crippen LogP contribution is 2.16. The van der Waals surface area contributed by atoms with Crippen LogP contribution in [0.1, 0.15) is 5.56 Å². The summed E-state index contributed by atoms with van der Waals surface area (Å²) in [6.07, 6.45) is 2.70. The van der Waals surface area contributed by atoms with Gasteiger partial charge in [-0.05, 0) is 6.07 Å². The van der Waals surface area contributed by atoms with Crippen LogP contribution in [-0.4, -0.2) is 30.1 Å². The van der Waals surface area contributed by atoms with Crippen LogP contribution in [0.15, 0.2) is 28.9 Å². The molecule has 0 atom stereocenters. The van der Waals surface area contributed by atoms with Gasteiger partial charge >= 0.3 is 0 Å². The smallest absolute Gasteiger partial charge is 0.265 e. The molecule has 7 nitrogen and oxygen atoms in total. The van der Waals surface area contributed by atoms with Gasteiger partial charge in [0.1, 0.15) is 10.4 Å². The lowest BCUT2D eigenvalue weighted by molar-refractivity contribution is 0.600. The normalized spacial score (nSPS) is 10.6. The zero-order chi connectivity index (χ0) is 13.7. The van der Waals surface area contributed by atoms with Gasteiger partial charge in [0.25, 0.3) is 10.0 Å². The second-order valence-electron chi connectivity index (χ2n) is 3.26. The summed E-state index contributed by atoms with van der Waals surface area (Å²) in [6.45, 7) is 0.194. The van der Waals surface area contributed by atoms with Crippen molar-refractivity contribution in [2.24, 2.45) is 5.73 Å². The summed E-state index contributed by atoms with van der Waals surface area (Å²) < 4.78 is 26.4. The average Bonchev–Trinajstić information content (AvgIpc) is 2.89. The molecule has 2 aromatic rings. The van der Waals surface area contributed by atoms with Gasteiger partial charge in [-0.25, -0.2) is 8.42 Å². The Morgan fingerprint density at radius 2 is 2.26 bits per heavy atom. The largest absolute Gasteiger partial charge is 0.320 e. The Morgan fingerprint density at radius 1 is 1.42 bits per heavy atom. The van der Waals surface area contributed by atoms with E-state index in [4.69, 9.17) is 5.73 Å². The summed E-state index contributed by atoms with van der Waals surface area (Å²) in [5.41, 5.74) is 7.16. The predicted molar refractivity (Wildman–Crippen MR) is 70.9 cm³/mol. The zero-order valence-corrected chi connectivity index (χ0v) is 11.2. The fourth-order valence-corrected chi connectivity index (χ4v) is 2.86. The summed E-state index contributed by atoms with van der Waals surface area (Å²) >= 11 is 1.09. The molecule has 0 radical (unpaired) electrons. The molecule has 0 aliphatic carbocycles. The van der Waals surface area contributed by atoms with E-state index in [9.17, 15) is 8.42 Å². The van der Waals surface area contributed by atoms with Gasteiger partial charge in [-0.15, -0.1) is 10.2 Å². The van der Waals surface area contributed by atoms with E-state index in [0.29, 0.717) is 5.56 Å². The van der Waals surface area contributed by atoms with Gasteiger partial charge in [-0.3, -0.25) is 9.71 Å². The van der Waals surface area contributed by atoms with Crippen molar-refractivity contribution in [3.8, 4) is 11.8 Å². The maximum atomic E-state index is 12.0. The van der Waals surface area contributed by atoms with Crippen LogP contribution in [0.4, 0.5) is 5.13 Å². The topological polar surface area (TPSA) is 111 Å². The Balaban J connectivity index is 2.30. The van der Waals surface area contributed by atoms with Gasteiger partial charge in [-0.2, -0.15) is 0 Å². The lowest BCUT2D eigenvalue weighted by Gasteiger charge is -2.04. The van der Waals surface area contributed by atoms with Gasteiger partial charge in [0.15, 0.2) is 0 Å². The van der Waals surface area contributed by atoms with E-state index in [-0.39, 0.29) is 16.6 Å². The number of pyridine rings is 1. The molecule has 0 aromatic carbocycles. The molecule has 0 fully saturated rings. The number of rotatable bonds is 3. The van der Waals surface area contributed by atoms with Gasteiger partial charge in [0.2, 0.25) is 5.13 Å². The predicted octanol–water partition coefficient (Wildman–Crippen LogP) is 0.0441. The van der Waals surface area contributed by atoms with Crippen molar-refractivity contribution >= 4 is 26.5 Å². The highest BCUT2D eigenvalue weighted by molar-refractivity contribution is 7.93. The first-order chi connectivity index (χ1) is 9.12. The summed E-state index contributed by atoms with van der Waals surface area (Å²) in [6, 6.07) is 1.42. The molecular formula is C10H9N5O2S2. The van der Waals surface area contributed by atoms with E-state index in [1.807, 2.05) is 0 Å². The minimum Gasteiger partial charge on any atom is -0.320 e. The lowest BCUT2D eigenvalue weighted by atomic mass is 10.3. The van der Waals surface area contributed by atoms with Crippen molar-refractivity contribution in [3.05, 3.63) is 29.5 Å². The summed E-state index contributed by atoms with van der Waals surface area (Å²) in [5, 5.41) is 7.35. The molecule has 0 spiro atoms. The van der Waals surface area contributed by atoms with Crippen molar-refractivity contribution < 1.29 is 8.42 Å². The number of nitrogens with zero attached hydrogens (tertiary/aromatic N) is 3. The van der Waals surface area contributed by atoms with Crippen LogP contribution in [0.2, 0.25) is 0 Å². The monoisotopic (exact) mass is 295 g/mol. The first-order valence-electron chi connectivity index (χ1n) is 5.05. The number of hydrogen-bond donors (Lipinski definition) is 2. The van der Waals surface area contributed by atoms with Crippen LogP contribution >= 0.6 is 11.3 Å². The quantitative estimate of drug-likeness (QED) is 0.774. The second-order valence-corrected chi connectivity index (χ2v) is 5.78. The van der Waals surface area contributed by atoms with E-state index >= 15 is 0 Å². The standard InChI is InChI=1S/C10H9N5O2S2/c11-3-1-2-8-4-9(6-12-5-8)19(16,17)15-10-14-13-7-18-10/h4-7H,3,11H2,(H,14,15). The maximum absolute atomic E-state index is 12.0. The van der Waals surface area contributed by atoms with E-state index in [2.05, 4.69) is 31.7 Å². The van der Waals surface area contributed by atoms with Crippen molar-refractivity contribution in [1.29, 1.82) is 0 Å². The third-order valence-corrected chi connectivity index (χ3v) is 3.98. The van der Waals surface area contributed by atoms with Crippen LogP contribution in [-0.2, 0) is 10.0 Å². The fourth-order valence-electron chi connectivity index (χ4n) is 1.18. The molecule has 2 heterocycles. The molecule has 2 aromatic heterocycles.